The van der Waals surface area contributed by atoms with Gasteiger partial charge in [-0.1, -0.05) is 12.1 Å². The molecule has 3 rings (SSSR count). The summed E-state index contributed by atoms with van der Waals surface area (Å²) in [7, 11) is 0. The lowest BCUT2D eigenvalue weighted by Crippen LogP contribution is -2.49. The number of rotatable bonds is 4. The molecule has 2 N–H and O–H groups in total. The Morgan fingerprint density at radius 3 is 2.38 bits per heavy atom. The molecule has 26 heavy (non-hydrogen) atoms. The summed E-state index contributed by atoms with van der Waals surface area (Å²) in [6, 6.07) is 9.63. The molecule has 0 saturated carbocycles. The maximum absolute atomic E-state index is 13.1. The zero-order valence-electron chi connectivity index (χ0n) is 14.1. The average molecular weight is 359 g/mol. The number of carboxylic acid groups (broad SMARTS) is 1. The summed E-state index contributed by atoms with van der Waals surface area (Å²) in [4.78, 5) is 24.4. The molecule has 136 valence electrons. The van der Waals surface area contributed by atoms with E-state index in [2.05, 4.69) is 5.32 Å². The van der Waals surface area contributed by atoms with Crippen LogP contribution < -0.4 is 14.8 Å². The molecule has 1 amide bonds. The summed E-state index contributed by atoms with van der Waals surface area (Å²) in [5, 5.41) is 12.1. The van der Waals surface area contributed by atoms with Gasteiger partial charge in [0.05, 0.1) is 13.2 Å². The number of halogens is 1. The van der Waals surface area contributed by atoms with E-state index in [0.29, 0.717) is 24.7 Å². The van der Waals surface area contributed by atoms with Crippen LogP contribution in [-0.2, 0) is 10.3 Å². The van der Waals surface area contributed by atoms with Crippen molar-refractivity contribution in [2.24, 2.45) is 0 Å². The fourth-order valence-electron chi connectivity index (χ4n) is 2.64. The van der Waals surface area contributed by atoms with Gasteiger partial charge in [-0.25, -0.2) is 9.18 Å². The molecule has 1 atom stereocenters. The Labute approximate surface area is 149 Å². The first-order valence-corrected chi connectivity index (χ1v) is 8.12. The van der Waals surface area contributed by atoms with Crippen molar-refractivity contribution in [1.29, 1.82) is 0 Å². The lowest BCUT2D eigenvalue weighted by atomic mass is 9.91. The molecule has 0 fully saturated rings. The van der Waals surface area contributed by atoms with Crippen LogP contribution in [0.5, 0.6) is 11.5 Å². The van der Waals surface area contributed by atoms with Crippen LogP contribution in [0.3, 0.4) is 0 Å². The van der Waals surface area contributed by atoms with Gasteiger partial charge in [-0.15, -0.1) is 0 Å². The van der Waals surface area contributed by atoms with E-state index in [4.69, 9.17) is 9.47 Å². The van der Waals surface area contributed by atoms with Gasteiger partial charge >= 0.3 is 5.97 Å². The number of aliphatic carboxylic acids is 1. The van der Waals surface area contributed by atoms with E-state index in [9.17, 15) is 19.1 Å². The third kappa shape index (κ3) is 3.46. The first-order valence-electron chi connectivity index (χ1n) is 8.12. The number of amides is 1. The van der Waals surface area contributed by atoms with Crippen LogP contribution in [0.1, 0.15) is 29.3 Å². The minimum absolute atomic E-state index is 0.240. The van der Waals surface area contributed by atoms with Crippen LogP contribution in [0.25, 0.3) is 0 Å². The van der Waals surface area contributed by atoms with Crippen LogP contribution in [0.2, 0.25) is 0 Å². The number of carboxylic acids is 1. The predicted octanol–water partition coefficient (Wildman–Crippen LogP) is 2.72. The Morgan fingerprint density at radius 2 is 1.73 bits per heavy atom. The van der Waals surface area contributed by atoms with Gasteiger partial charge in [0.25, 0.3) is 5.91 Å². The van der Waals surface area contributed by atoms with Gasteiger partial charge in [0.15, 0.2) is 17.0 Å². The van der Waals surface area contributed by atoms with Crippen LogP contribution >= 0.6 is 0 Å². The zero-order chi connectivity index (χ0) is 18.7. The lowest BCUT2D eigenvalue weighted by Gasteiger charge is -2.27. The van der Waals surface area contributed by atoms with Crippen LogP contribution in [0.4, 0.5) is 4.39 Å². The number of ether oxygens (including phenoxy) is 2. The molecule has 7 heteroatoms. The molecule has 0 saturated heterocycles. The molecule has 0 aliphatic carbocycles. The number of carbonyl (C=O) groups is 2. The van der Waals surface area contributed by atoms with Gasteiger partial charge in [0, 0.05) is 12.0 Å². The largest absolute Gasteiger partial charge is 0.490 e. The van der Waals surface area contributed by atoms with Crippen LogP contribution in [0.15, 0.2) is 42.5 Å². The fraction of sp³-hybridized carbons (Fsp3) is 0.263. The quantitative estimate of drug-likeness (QED) is 0.877. The summed E-state index contributed by atoms with van der Waals surface area (Å²) >= 11 is 0. The number of nitrogens with one attached hydrogen (secondary N) is 1. The molecule has 0 spiro atoms. The van der Waals surface area contributed by atoms with E-state index in [1.54, 1.807) is 6.07 Å². The summed E-state index contributed by atoms with van der Waals surface area (Å²) in [6.45, 7) is 2.35. The Kier molecular flexibility index (Phi) is 4.79. The molecular weight excluding hydrogens is 341 g/mol. The Hall–Kier alpha value is -3.09. The maximum atomic E-state index is 13.1. The number of fused-ring (bicyclic) bond motifs is 1. The molecule has 6 nitrogen and oxygen atoms in total. The van der Waals surface area contributed by atoms with Gasteiger partial charge in [-0.2, -0.15) is 0 Å². The van der Waals surface area contributed by atoms with E-state index in [1.807, 2.05) is 0 Å². The summed E-state index contributed by atoms with van der Waals surface area (Å²) < 4.78 is 24.2. The second-order valence-electron chi connectivity index (χ2n) is 6.10. The topological polar surface area (TPSA) is 84.9 Å². The second kappa shape index (κ2) is 7.03. The van der Waals surface area contributed by atoms with E-state index in [-0.39, 0.29) is 11.1 Å². The Bertz CT molecular complexity index is 836. The standard InChI is InChI=1S/C19H18FNO5/c1-19(18(23)24,13-4-6-14(20)7-5-13)21-17(22)12-3-8-15-16(11-12)26-10-2-9-25-15/h3-8,11H,2,9-10H2,1H3,(H,21,22)(H,23,24). The molecular formula is C19H18FNO5. The van der Waals surface area contributed by atoms with Crippen molar-refractivity contribution in [3.63, 3.8) is 0 Å². The first-order chi connectivity index (χ1) is 12.4. The van der Waals surface area contributed by atoms with E-state index in [1.165, 1.54) is 31.2 Å². The van der Waals surface area contributed by atoms with Crippen molar-refractivity contribution >= 4 is 11.9 Å². The summed E-state index contributed by atoms with van der Waals surface area (Å²) in [5.41, 5.74) is -1.22. The van der Waals surface area contributed by atoms with Crippen molar-refractivity contribution < 1.29 is 28.6 Å². The van der Waals surface area contributed by atoms with Gasteiger partial charge in [0.1, 0.15) is 5.82 Å². The van der Waals surface area contributed by atoms with Crippen LogP contribution in [-0.4, -0.2) is 30.2 Å². The molecule has 1 heterocycles. The second-order valence-corrected chi connectivity index (χ2v) is 6.10. The normalized spacial score (nSPS) is 15.5. The first kappa shape index (κ1) is 17.7. The van der Waals surface area contributed by atoms with Gasteiger partial charge < -0.3 is 19.9 Å². The summed E-state index contributed by atoms with van der Waals surface area (Å²) in [6.07, 6.45) is 0.734. The van der Waals surface area contributed by atoms with Crippen molar-refractivity contribution in [2.75, 3.05) is 13.2 Å². The number of hydrogen-bond acceptors (Lipinski definition) is 4. The van der Waals surface area contributed by atoms with Crippen molar-refractivity contribution in [3.8, 4) is 11.5 Å². The van der Waals surface area contributed by atoms with Crippen molar-refractivity contribution in [1.82, 2.24) is 5.32 Å². The molecule has 1 aliphatic rings. The van der Waals surface area contributed by atoms with E-state index >= 15 is 0 Å². The minimum Gasteiger partial charge on any atom is -0.490 e. The zero-order valence-corrected chi connectivity index (χ0v) is 14.1. The SMILES string of the molecule is CC(NC(=O)c1ccc2c(c1)OCCCO2)(C(=O)O)c1ccc(F)cc1. The third-order valence-corrected chi connectivity index (χ3v) is 4.22. The third-order valence-electron chi connectivity index (χ3n) is 4.22. The molecule has 2 aromatic carbocycles. The number of hydrogen-bond donors (Lipinski definition) is 2. The lowest BCUT2D eigenvalue weighted by molar-refractivity contribution is -0.144. The highest BCUT2D eigenvalue weighted by Crippen LogP contribution is 2.31. The molecule has 1 aliphatic heterocycles. The minimum atomic E-state index is -1.71. The smallest absolute Gasteiger partial charge is 0.333 e. The highest BCUT2D eigenvalue weighted by Gasteiger charge is 2.37. The molecule has 2 aromatic rings. The molecule has 0 aromatic heterocycles. The maximum Gasteiger partial charge on any atom is 0.333 e. The average Bonchev–Trinajstić information content (AvgIpc) is 2.86. The Morgan fingerprint density at radius 1 is 1.08 bits per heavy atom. The van der Waals surface area contributed by atoms with Crippen molar-refractivity contribution in [2.45, 2.75) is 18.9 Å². The van der Waals surface area contributed by atoms with E-state index in [0.717, 1.165) is 18.6 Å². The Balaban J connectivity index is 1.88. The van der Waals surface area contributed by atoms with Crippen molar-refractivity contribution in [3.05, 3.63) is 59.4 Å². The highest BCUT2D eigenvalue weighted by atomic mass is 19.1. The van der Waals surface area contributed by atoms with Gasteiger partial charge in [-0.05, 0) is 42.8 Å². The fourth-order valence-corrected chi connectivity index (χ4v) is 2.64. The molecule has 0 bridgehead atoms. The van der Waals surface area contributed by atoms with Gasteiger partial charge in [-0.3, -0.25) is 4.79 Å². The van der Waals surface area contributed by atoms with Crippen LogP contribution in [0, 0.1) is 5.82 Å². The molecule has 0 radical (unpaired) electrons. The highest BCUT2D eigenvalue weighted by molar-refractivity contribution is 5.98. The summed E-state index contributed by atoms with van der Waals surface area (Å²) in [5.74, 6) is -1.36. The number of benzene rings is 2. The number of carbonyl (C=O) groups excluding carboxylic acids is 1. The monoisotopic (exact) mass is 359 g/mol. The molecule has 1 unspecified atom stereocenters. The predicted molar refractivity (Wildman–Crippen MR) is 90.9 cm³/mol. The van der Waals surface area contributed by atoms with E-state index < -0.39 is 23.2 Å². The van der Waals surface area contributed by atoms with Gasteiger partial charge in [0.2, 0.25) is 0 Å².